The molecular weight excluding hydrogens is 368 g/mol. The molecule has 11 unspecified atom stereocenters. The average molecular weight is 409 g/mol. The van der Waals surface area contributed by atoms with E-state index in [4.69, 9.17) is 5.11 Å². The lowest BCUT2D eigenvalue weighted by Crippen LogP contribution is -2.60. The van der Waals surface area contributed by atoms with Crippen molar-refractivity contribution in [3.05, 3.63) is 0 Å². The van der Waals surface area contributed by atoms with Crippen LogP contribution >= 0.6 is 0 Å². The molecule has 0 bridgehead atoms. The summed E-state index contributed by atoms with van der Waals surface area (Å²) in [6.45, 7) is 6.94. The molecule has 4 N–H and O–H groups in total. The van der Waals surface area contributed by atoms with Crippen LogP contribution in [0.3, 0.4) is 0 Å². The molecule has 0 spiro atoms. The highest BCUT2D eigenvalue weighted by atomic mass is 16.4. The zero-order valence-corrected chi connectivity index (χ0v) is 18.3. The van der Waals surface area contributed by atoms with Gasteiger partial charge in [-0.15, -0.1) is 0 Å². The summed E-state index contributed by atoms with van der Waals surface area (Å²) >= 11 is 0. The molecule has 0 heterocycles. The average Bonchev–Trinajstić information content (AvgIpc) is 2.99. The molecule has 5 heteroatoms. The lowest BCUT2D eigenvalue weighted by Gasteiger charge is -2.63. The largest absolute Gasteiger partial charge is 0.481 e. The number of fused-ring (bicyclic) bond motifs is 5. The second kappa shape index (κ2) is 7.49. The first-order chi connectivity index (χ1) is 13.6. The quantitative estimate of drug-likeness (QED) is 0.571. The van der Waals surface area contributed by atoms with Gasteiger partial charge in [-0.05, 0) is 97.7 Å². The first-order valence-electron chi connectivity index (χ1n) is 11.8. The molecule has 5 nitrogen and oxygen atoms in total. The highest BCUT2D eigenvalue weighted by Gasteiger charge is 2.63. The fraction of sp³-hybridized carbons (Fsp3) is 0.958. The lowest BCUT2D eigenvalue weighted by atomic mass is 9.43. The van der Waals surface area contributed by atoms with Gasteiger partial charge in [-0.3, -0.25) is 4.79 Å². The molecule has 0 radical (unpaired) electrons. The Morgan fingerprint density at radius 1 is 0.966 bits per heavy atom. The minimum Gasteiger partial charge on any atom is -0.481 e. The Labute approximate surface area is 174 Å². The third-order valence-electron chi connectivity index (χ3n) is 10.3. The summed E-state index contributed by atoms with van der Waals surface area (Å²) in [5.74, 6) is 1.67. The van der Waals surface area contributed by atoms with Gasteiger partial charge in [0.1, 0.15) is 0 Å². The molecule has 0 amide bonds. The molecule has 4 saturated carbocycles. The van der Waals surface area contributed by atoms with Gasteiger partial charge in [0.05, 0.1) is 18.3 Å². The van der Waals surface area contributed by atoms with Crippen LogP contribution in [0.5, 0.6) is 0 Å². The van der Waals surface area contributed by atoms with E-state index in [1.54, 1.807) is 0 Å². The number of hydrogen-bond acceptors (Lipinski definition) is 4. The summed E-state index contributed by atoms with van der Waals surface area (Å²) in [6.07, 6.45) is 5.83. The summed E-state index contributed by atoms with van der Waals surface area (Å²) in [5, 5.41) is 41.0. The van der Waals surface area contributed by atoms with Crippen LogP contribution in [0.1, 0.15) is 78.6 Å². The van der Waals surface area contributed by atoms with Crippen molar-refractivity contribution < 1.29 is 25.2 Å². The van der Waals surface area contributed by atoms with Crippen molar-refractivity contribution in [1.82, 2.24) is 0 Å². The smallest absolute Gasteiger partial charge is 0.303 e. The van der Waals surface area contributed by atoms with Gasteiger partial charge < -0.3 is 20.4 Å². The van der Waals surface area contributed by atoms with Crippen LogP contribution in [0.4, 0.5) is 0 Å². The van der Waals surface area contributed by atoms with Gasteiger partial charge in [-0.1, -0.05) is 20.8 Å². The molecule has 29 heavy (non-hydrogen) atoms. The summed E-state index contributed by atoms with van der Waals surface area (Å²) in [4.78, 5) is 11.1. The van der Waals surface area contributed by atoms with Crippen molar-refractivity contribution in [2.24, 2.45) is 46.3 Å². The molecule has 0 aromatic carbocycles. The standard InChI is InChI=1S/C24H40O5/c1-13(4-7-21(28)29)15-5-6-16-22-17(8-9-23(15,16)2)24(3)12-20(27)18(25)10-14(24)11-19(22)26/h13-20,22,25-27H,4-12H2,1-3H3,(H,28,29). The Balaban J connectivity index is 1.57. The molecule has 4 fully saturated rings. The van der Waals surface area contributed by atoms with Crippen LogP contribution < -0.4 is 0 Å². The zero-order chi connectivity index (χ0) is 21.1. The zero-order valence-electron chi connectivity index (χ0n) is 18.3. The molecule has 0 aromatic heterocycles. The summed E-state index contributed by atoms with van der Waals surface area (Å²) in [5.41, 5.74) is 0.174. The van der Waals surface area contributed by atoms with E-state index in [1.807, 2.05) is 0 Å². The monoisotopic (exact) mass is 408 g/mol. The maximum atomic E-state index is 11.3. The van der Waals surface area contributed by atoms with Crippen LogP contribution in [-0.2, 0) is 4.79 Å². The van der Waals surface area contributed by atoms with E-state index < -0.39 is 18.2 Å². The Bertz CT molecular complexity index is 637. The van der Waals surface area contributed by atoms with E-state index in [1.165, 1.54) is 0 Å². The minimum absolute atomic E-state index is 0.00309. The molecule has 4 aliphatic carbocycles. The Hall–Kier alpha value is -0.650. The number of carboxylic acids is 1. The minimum atomic E-state index is -0.708. The van der Waals surface area contributed by atoms with Crippen molar-refractivity contribution in [2.75, 3.05) is 0 Å². The maximum absolute atomic E-state index is 11.3. The van der Waals surface area contributed by atoms with Gasteiger partial charge in [-0.2, -0.15) is 0 Å². The van der Waals surface area contributed by atoms with E-state index in [2.05, 4.69) is 20.8 Å². The molecule has 11 atom stereocenters. The number of carbonyl (C=O) groups is 1. The summed E-state index contributed by atoms with van der Waals surface area (Å²) in [7, 11) is 0. The summed E-state index contributed by atoms with van der Waals surface area (Å²) in [6, 6.07) is 0. The molecule has 0 saturated heterocycles. The van der Waals surface area contributed by atoms with E-state index >= 15 is 0 Å². The van der Waals surface area contributed by atoms with E-state index in [0.29, 0.717) is 36.5 Å². The second-order valence-corrected chi connectivity index (χ2v) is 11.5. The van der Waals surface area contributed by atoms with Crippen molar-refractivity contribution in [3.63, 3.8) is 0 Å². The topological polar surface area (TPSA) is 98.0 Å². The molecule has 0 aromatic rings. The van der Waals surface area contributed by atoms with Crippen LogP contribution in [0, 0.1) is 46.3 Å². The van der Waals surface area contributed by atoms with Crippen molar-refractivity contribution >= 4 is 5.97 Å². The van der Waals surface area contributed by atoms with Gasteiger partial charge >= 0.3 is 5.97 Å². The van der Waals surface area contributed by atoms with Gasteiger partial charge in [-0.25, -0.2) is 0 Å². The van der Waals surface area contributed by atoms with E-state index in [0.717, 1.165) is 38.5 Å². The number of aliphatic hydroxyl groups is 3. The van der Waals surface area contributed by atoms with E-state index in [9.17, 15) is 20.1 Å². The van der Waals surface area contributed by atoms with E-state index in [-0.39, 0.29) is 35.2 Å². The molecular formula is C24H40O5. The first kappa shape index (κ1) is 21.6. The van der Waals surface area contributed by atoms with Gasteiger partial charge in [0.15, 0.2) is 0 Å². The van der Waals surface area contributed by atoms with Crippen LogP contribution in [0.15, 0.2) is 0 Å². The predicted molar refractivity (Wildman–Crippen MR) is 110 cm³/mol. The van der Waals surface area contributed by atoms with Crippen molar-refractivity contribution in [1.29, 1.82) is 0 Å². The fourth-order valence-corrected chi connectivity index (χ4v) is 8.77. The summed E-state index contributed by atoms with van der Waals surface area (Å²) < 4.78 is 0. The van der Waals surface area contributed by atoms with Crippen LogP contribution in [0.25, 0.3) is 0 Å². The number of hydrogen-bond donors (Lipinski definition) is 4. The van der Waals surface area contributed by atoms with Gasteiger partial charge in [0.2, 0.25) is 0 Å². The van der Waals surface area contributed by atoms with Crippen molar-refractivity contribution in [2.45, 2.75) is 96.9 Å². The highest BCUT2D eigenvalue weighted by molar-refractivity contribution is 5.66. The van der Waals surface area contributed by atoms with Crippen molar-refractivity contribution in [3.8, 4) is 0 Å². The third kappa shape index (κ3) is 3.36. The van der Waals surface area contributed by atoms with Gasteiger partial charge in [0, 0.05) is 6.42 Å². The Morgan fingerprint density at radius 3 is 2.31 bits per heavy atom. The Kier molecular flexibility index (Phi) is 5.57. The van der Waals surface area contributed by atoms with Crippen LogP contribution in [-0.4, -0.2) is 44.7 Å². The normalized spacial score (nSPS) is 52.9. The Morgan fingerprint density at radius 2 is 1.62 bits per heavy atom. The molecule has 0 aliphatic heterocycles. The lowest BCUT2D eigenvalue weighted by molar-refractivity contribution is -0.194. The number of rotatable bonds is 4. The molecule has 166 valence electrons. The fourth-order valence-electron chi connectivity index (χ4n) is 8.77. The van der Waals surface area contributed by atoms with Crippen LogP contribution in [0.2, 0.25) is 0 Å². The number of aliphatic carboxylic acids is 1. The third-order valence-corrected chi connectivity index (χ3v) is 10.3. The predicted octanol–water partition coefficient (Wildman–Crippen LogP) is 3.45. The molecule has 4 rings (SSSR count). The first-order valence-corrected chi connectivity index (χ1v) is 11.8. The molecule has 4 aliphatic rings. The second-order valence-electron chi connectivity index (χ2n) is 11.5. The SMILES string of the molecule is CC(CCC(=O)O)C1CCC2C3C(O)CC4CC(O)C(O)CC4(C)C3CCC12C. The number of carboxylic acid groups (broad SMARTS) is 1. The number of aliphatic hydroxyl groups excluding tert-OH is 3. The van der Waals surface area contributed by atoms with Gasteiger partial charge in [0.25, 0.3) is 0 Å². The maximum Gasteiger partial charge on any atom is 0.303 e. The highest BCUT2D eigenvalue weighted by Crippen LogP contribution is 2.68.